The standard InChI is InChI=1S/C21H26N2O3S/c1-12-7-8-17(11-13(12)2)20(25)16(5)26-19(24)10-9-18-14(3)22-21(27-6)23-15(18)4/h7-8,11,16H,9-10H2,1-6H3/t16-/m0/s1. The smallest absolute Gasteiger partial charge is 0.306 e. The van der Waals surface area contributed by atoms with Gasteiger partial charge in [-0.2, -0.15) is 0 Å². The van der Waals surface area contributed by atoms with Crippen LogP contribution in [0.3, 0.4) is 0 Å². The predicted octanol–water partition coefficient (Wildman–Crippen LogP) is 4.18. The van der Waals surface area contributed by atoms with Gasteiger partial charge in [0.2, 0.25) is 5.78 Å². The number of nitrogens with zero attached hydrogens (tertiary/aromatic N) is 2. The van der Waals surface area contributed by atoms with Gasteiger partial charge in [0.05, 0.1) is 0 Å². The Bertz CT molecular complexity index is 841. The lowest BCUT2D eigenvalue weighted by Crippen LogP contribution is -2.24. The van der Waals surface area contributed by atoms with E-state index in [2.05, 4.69) is 9.97 Å². The summed E-state index contributed by atoms with van der Waals surface area (Å²) < 4.78 is 5.35. The molecule has 1 heterocycles. The molecule has 1 aromatic carbocycles. The van der Waals surface area contributed by atoms with Crippen LogP contribution in [-0.2, 0) is 16.0 Å². The van der Waals surface area contributed by atoms with Crippen molar-refractivity contribution in [3.05, 3.63) is 51.8 Å². The third kappa shape index (κ3) is 5.39. The topological polar surface area (TPSA) is 69.2 Å². The van der Waals surface area contributed by atoms with Crippen LogP contribution in [0.25, 0.3) is 0 Å². The molecule has 2 rings (SSSR count). The van der Waals surface area contributed by atoms with Crippen LogP contribution in [0.15, 0.2) is 23.4 Å². The summed E-state index contributed by atoms with van der Waals surface area (Å²) in [5.41, 5.74) is 5.43. The number of carbonyl (C=O) groups is 2. The van der Waals surface area contributed by atoms with Crippen molar-refractivity contribution in [2.75, 3.05) is 6.26 Å². The van der Waals surface area contributed by atoms with Crippen molar-refractivity contribution < 1.29 is 14.3 Å². The minimum atomic E-state index is -0.808. The molecule has 2 aromatic rings. The molecule has 0 aliphatic rings. The largest absolute Gasteiger partial charge is 0.454 e. The van der Waals surface area contributed by atoms with Gasteiger partial charge in [-0.25, -0.2) is 9.97 Å². The Balaban J connectivity index is 1.97. The fourth-order valence-corrected chi connectivity index (χ4v) is 3.28. The number of Topliss-reactive ketones (excluding diaryl/α,β-unsaturated/α-hetero) is 1. The van der Waals surface area contributed by atoms with Crippen LogP contribution in [0.4, 0.5) is 0 Å². The van der Waals surface area contributed by atoms with Gasteiger partial charge in [0.15, 0.2) is 11.3 Å². The average Bonchev–Trinajstić information content (AvgIpc) is 2.62. The lowest BCUT2D eigenvalue weighted by Gasteiger charge is -2.14. The Kier molecular flexibility index (Phi) is 7.13. The minimum absolute atomic E-state index is 0.188. The Morgan fingerprint density at radius 2 is 1.70 bits per heavy atom. The number of hydrogen-bond donors (Lipinski definition) is 0. The lowest BCUT2D eigenvalue weighted by atomic mass is 10.0. The van der Waals surface area contributed by atoms with Crippen molar-refractivity contribution in [2.45, 2.75) is 58.7 Å². The monoisotopic (exact) mass is 386 g/mol. The molecule has 27 heavy (non-hydrogen) atoms. The molecule has 0 fully saturated rings. The molecule has 0 radical (unpaired) electrons. The van der Waals surface area contributed by atoms with Crippen molar-refractivity contribution in [2.24, 2.45) is 0 Å². The Hall–Kier alpha value is -2.21. The van der Waals surface area contributed by atoms with Gasteiger partial charge in [0.1, 0.15) is 0 Å². The Labute approximate surface area is 165 Å². The van der Waals surface area contributed by atoms with E-state index < -0.39 is 12.1 Å². The minimum Gasteiger partial charge on any atom is -0.454 e. The second kappa shape index (κ2) is 9.13. The summed E-state index contributed by atoms with van der Waals surface area (Å²) in [6, 6.07) is 5.51. The van der Waals surface area contributed by atoms with Gasteiger partial charge >= 0.3 is 5.97 Å². The fourth-order valence-electron chi connectivity index (χ4n) is 2.83. The maximum Gasteiger partial charge on any atom is 0.306 e. The third-order valence-electron chi connectivity index (χ3n) is 4.63. The SMILES string of the molecule is CSc1nc(C)c(CCC(=O)O[C@@H](C)C(=O)c2ccc(C)c(C)c2)c(C)n1. The van der Waals surface area contributed by atoms with Gasteiger partial charge in [-0.1, -0.05) is 23.9 Å². The zero-order valence-corrected chi connectivity index (χ0v) is 17.6. The number of thioether (sulfide) groups is 1. The molecule has 6 heteroatoms. The summed E-state index contributed by atoms with van der Waals surface area (Å²) in [6.07, 6.45) is 1.81. The van der Waals surface area contributed by atoms with Gasteiger partial charge in [-0.3, -0.25) is 9.59 Å². The molecule has 0 aliphatic carbocycles. The number of aryl methyl sites for hydroxylation is 4. The van der Waals surface area contributed by atoms with Crippen LogP contribution in [0, 0.1) is 27.7 Å². The molecular formula is C21H26N2O3S. The summed E-state index contributed by atoms with van der Waals surface area (Å²) >= 11 is 1.49. The molecule has 0 N–H and O–H groups in total. The molecule has 0 bridgehead atoms. The normalized spacial score (nSPS) is 11.9. The second-order valence-corrected chi connectivity index (χ2v) is 7.43. The zero-order chi connectivity index (χ0) is 20.1. The highest BCUT2D eigenvalue weighted by molar-refractivity contribution is 7.98. The molecule has 1 atom stereocenters. The summed E-state index contributed by atoms with van der Waals surface area (Å²) in [5, 5.41) is 0.726. The summed E-state index contributed by atoms with van der Waals surface area (Å²) in [4.78, 5) is 33.5. The highest BCUT2D eigenvalue weighted by atomic mass is 32.2. The number of benzene rings is 1. The van der Waals surface area contributed by atoms with Crippen molar-refractivity contribution in [3.63, 3.8) is 0 Å². The number of hydrogen-bond acceptors (Lipinski definition) is 6. The van der Waals surface area contributed by atoms with Crippen LogP contribution in [0.5, 0.6) is 0 Å². The first-order chi connectivity index (χ1) is 12.7. The van der Waals surface area contributed by atoms with E-state index in [9.17, 15) is 9.59 Å². The molecule has 0 aliphatic heterocycles. The van der Waals surface area contributed by atoms with E-state index in [0.29, 0.717) is 12.0 Å². The van der Waals surface area contributed by atoms with Crippen molar-refractivity contribution in [1.82, 2.24) is 9.97 Å². The molecule has 0 saturated heterocycles. The second-order valence-electron chi connectivity index (χ2n) is 6.66. The van der Waals surface area contributed by atoms with Gasteiger partial charge in [0.25, 0.3) is 0 Å². The van der Waals surface area contributed by atoms with Crippen LogP contribution >= 0.6 is 11.8 Å². The molecular weight excluding hydrogens is 360 g/mol. The number of carbonyl (C=O) groups excluding carboxylic acids is 2. The van der Waals surface area contributed by atoms with E-state index in [-0.39, 0.29) is 12.2 Å². The van der Waals surface area contributed by atoms with Gasteiger partial charge in [-0.05, 0) is 70.1 Å². The van der Waals surface area contributed by atoms with E-state index in [4.69, 9.17) is 4.74 Å². The number of ether oxygens (including phenoxy) is 1. The highest BCUT2D eigenvalue weighted by Gasteiger charge is 2.20. The molecule has 1 aromatic heterocycles. The third-order valence-corrected chi connectivity index (χ3v) is 5.18. The van der Waals surface area contributed by atoms with Crippen molar-refractivity contribution in [3.8, 4) is 0 Å². The molecule has 144 valence electrons. The molecule has 0 spiro atoms. The molecule has 0 amide bonds. The van der Waals surface area contributed by atoms with E-state index in [1.807, 2.05) is 46.1 Å². The molecule has 0 saturated carbocycles. The van der Waals surface area contributed by atoms with Crippen LogP contribution in [0.2, 0.25) is 0 Å². The predicted molar refractivity (Wildman–Crippen MR) is 107 cm³/mol. The van der Waals surface area contributed by atoms with Crippen LogP contribution in [0.1, 0.15) is 51.8 Å². The Morgan fingerprint density at radius 1 is 1.07 bits per heavy atom. The molecule has 0 unspecified atom stereocenters. The number of aromatic nitrogens is 2. The van der Waals surface area contributed by atoms with E-state index in [1.54, 1.807) is 13.0 Å². The zero-order valence-electron chi connectivity index (χ0n) is 16.8. The van der Waals surface area contributed by atoms with Crippen molar-refractivity contribution >= 4 is 23.5 Å². The number of rotatable bonds is 7. The quantitative estimate of drug-likeness (QED) is 0.308. The van der Waals surface area contributed by atoms with Crippen LogP contribution < -0.4 is 0 Å². The lowest BCUT2D eigenvalue weighted by molar-refractivity contribution is -0.146. The van der Waals surface area contributed by atoms with E-state index >= 15 is 0 Å². The summed E-state index contributed by atoms with van der Waals surface area (Å²) in [5.74, 6) is -0.584. The van der Waals surface area contributed by atoms with Crippen LogP contribution in [-0.4, -0.2) is 34.1 Å². The van der Waals surface area contributed by atoms with Gasteiger partial charge in [-0.15, -0.1) is 0 Å². The maximum absolute atomic E-state index is 12.5. The van der Waals surface area contributed by atoms with Crippen molar-refractivity contribution in [1.29, 1.82) is 0 Å². The first-order valence-electron chi connectivity index (χ1n) is 8.92. The first kappa shape index (κ1) is 21.1. The van der Waals surface area contributed by atoms with Gasteiger partial charge < -0.3 is 4.74 Å². The first-order valence-corrected chi connectivity index (χ1v) is 10.1. The maximum atomic E-state index is 12.5. The fraction of sp³-hybridized carbons (Fsp3) is 0.429. The van der Waals surface area contributed by atoms with E-state index in [1.165, 1.54) is 11.8 Å². The highest BCUT2D eigenvalue weighted by Crippen LogP contribution is 2.18. The molecule has 5 nitrogen and oxygen atoms in total. The van der Waals surface area contributed by atoms with E-state index in [0.717, 1.165) is 33.2 Å². The number of ketones is 1. The average molecular weight is 387 g/mol. The summed E-state index contributed by atoms with van der Waals surface area (Å²) in [6.45, 7) is 9.40. The summed E-state index contributed by atoms with van der Waals surface area (Å²) in [7, 11) is 0. The Morgan fingerprint density at radius 3 is 2.26 bits per heavy atom. The number of esters is 1. The van der Waals surface area contributed by atoms with Gasteiger partial charge in [0, 0.05) is 23.4 Å².